The van der Waals surface area contributed by atoms with Crippen molar-refractivity contribution in [2.24, 2.45) is 0 Å². The molecule has 0 amide bonds. The number of rotatable bonds is 2. The van der Waals surface area contributed by atoms with Crippen LogP contribution in [0.2, 0.25) is 0 Å². The molecule has 2 aliphatic rings. The van der Waals surface area contributed by atoms with Gasteiger partial charge in [-0.1, -0.05) is 0 Å². The lowest BCUT2D eigenvalue weighted by atomic mass is 10.1. The molecule has 1 fully saturated rings. The van der Waals surface area contributed by atoms with Crippen LogP contribution in [0.1, 0.15) is 0 Å². The van der Waals surface area contributed by atoms with Crippen LogP contribution in [0.5, 0.6) is 11.5 Å². The van der Waals surface area contributed by atoms with E-state index in [-0.39, 0.29) is 12.6 Å². The Labute approximate surface area is 107 Å². The highest BCUT2D eigenvalue weighted by Crippen LogP contribution is 2.36. The third-order valence-corrected chi connectivity index (χ3v) is 3.58. The first-order chi connectivity index (χ1) is 8.78. The first kappa shape index (κ1) is 11.6. The summed E-state index contributed by atoms with van der Waals surface area (Å²) in [5.74, 6) is 1.59. The number of benzene rings is 1. The Morgan fingerprint density at radius 3 is 2.94 bits per heavy atom. The molecule has 2 aliphatic heterocycles. The number of hydrogen-bond donors (Lipinski definition) is 1. The molecule has 1 unspecified atom stereocenters. The van der Waals surface area contributed by atoms with Crippen molar-refractivity contribution in [3.05, 3.63) is 18.2 Å². The summed E-state index contributed by atoms with van der Waals surface area (Å²) in [6.45, 7) is 3.26. The van der Waals surface area contributed by atoms with Gasteiger partial charge in [0.1, 0.15) is 0 Å². The monoisotopic (exact) mass is 250 g/mol. The summed E-state index contributed by atoms with van der Waals surface area (Å²) >= 11 is 0. The number of nitrogens with zero attached hydrogens (tertiary/aromatic N) is 2. The van der Waals surface area contributed by atoms with E-state index in [0.717, 1.165) is 36.8 Å². The van der Waals surface area contributed by atoms with Gasteiger partial charge in [-0.15, -0.1) is 0 Å². The standard InChI is InChI=1S/C13H18N2O3/c1-14-4-5-15(11(7-14)8-16)10-2-3-12-13(6-10)18-9-17-12/h2-3,6,11,16H,4-5,7-9H2,1H3. The van der Waals surface area contributed by atoms with Crippen molar-refractivity contribution in [3.63, 3.8) is 0 Å². The fourth-order valence-corrected chi connectivity index (χ4v) is 2.57. The van der Waals surface area contributed by atoms with Gasteiger partial charge in [0.15, 0.2) is 11.5 Å². The van der Waals surface area contributed by atoms with E-state index in [1.165, 1.54) is 0 Å². The van der Waals surface area contributed by atoms with Crippen LogP contribution in [0.3, 0.4) is 0 Å². The Kier molecular flexibility index (Phi) is 3.01. The largest absolute Gasteiger partial charge is 0.454 e. The summed E-state index contributed by atoms with van der Waals surface area (Å²) in [6, 6.07) is 6.10. The molecule has 1 aromatic rings. The number of fused-ring (bicyclic) bond motifs is 1. The van der Waals surface area contributed by atoms with Gasteiger partial charge in [-0.3, -0.25) is 0 Å². The lowest BCUT2D eigenvalue weighted by Gasteiger charge is -2.40. The third-order valence-electron chi connectivity index (χ3n) is 3.58. The number of likely N-dealkylation sites (N-methyl/N-ethyl adjacent to an activating group) is 1. The summed E-state index contributed by atoms with van der Waals surface area (Å²) < 4.78 is 10.7. The zero-order chi connectivity index (χ0) is 12.5. The molecule has 0 bridgehead atoms. The molecule has 0 aliphatic carbocycles. The van der Waals surface area contributed by atoms with E-state index in [1.54, 1.807) is 0 Å². The Balaban J connectivity index is 1.85. The molecular weight excluding hydrogens is 232 g/mol. The van der Waals surface area contributed by atoms with Gasteiger partial charge in [0.05, 0.1) is 12.6 Å². The van der Waals surface area contributed by atoms with Crippen molar-refractivity contribution in [2.75, 3.05) is 45.0 Å². The van der Waals surface area contributed by atoms with E-state index >= 15 is 0 Å². The quantitative estimate of drug-likeness (QED) is 0.829. The highest BCUT2D eigenvalue weighted by Gasteiger charge is 2.26. The Bertz CT molecular complexity index is 438. The Morgan fingerprint density at radius 1 is 1.28 bits per heavy atom. The zero-order valence-corrected chi connectivity index (χ0v) is 10.5. The molecule has 1 saturated heterocycles. The predicted molar refractivity (Wildman–Crippen MR) is 68.3 cm³/mol. The molecule has 2 heterocycles. The molecule has 18 heavy (non-hydrogen) atoms. The minimum Gasteiger partial charge on any atom is -0.454 e. The lowest BCUT2D eigenvalue weighted by Crippen LogP contribution is -2.53. The normalized spacial score (nSPS) is 23.4. The molecule has 3 rings (SSSR count). The van der Waals surface area contributed by atoms with Crippen LogP contribution >= 0.6 is 0 Å². The maximum Gasteiger partial charge on any atom is 0.231 e. The van der Waals surface area contributed by atoms with E-state index < -0.39 is 0 Å². The third kappa shape index (κ3) is 2.00. The van der Waals surface area contributed by atoms with E-state index in [1.807, 2.05) is 18.2 Å². The highest BCUT2D eigenvalue weighted by molar-refractivity contribution is 5.58. The minimum atomic E-state index is 0.143. The van der Waals surface area contributed by atoms with Crippen LogP contribution in [-0.2, 0) is 0 Å². The van der Waals surface area contributed by atoms with Gasteiger partial charge in [-0.2, -0.15) is 0 Å². The summed E-state index contributed by atoms with van der Waals surface area (Å²) in [5.41, 5.74) is 1.09. The van der Waals surface area contributed by atoms with Crippen LogP contribution in [0.15, 0.2) is 18.2 Å². The van der Waals surface area contributed by atoms with E-state index in [0.29, 0.717) is 6.79 Å². The zero-order valence-electron chi connectivity index (χ0n) is 10.5. The topological polar surface area (TPSA) is 45.2 Å². The predicted octanol–water partition coefficient (Wildman–Crippen LogP) is 0.528. The van der Waals surface area contributed by atoms with Gasteiger partial charge in [-0.05, 0) is 19.2 Å². The molecule has 5 heteroatoms. The fraction of sp³-hybridized carbons (Fsp3) is 0.538. The molecule has 0 saturated carbocycles. The number of piperazine rings is 1. The van der Waals surface area contributed by atoms with Gasteiger partial charge in [0.2, 0.25) is 6.79 Å². The maximum atomic E-state index is 9.51. The van der Waals surface area contributed by atoms with Gasteiger partial charge >= 0.3 is 0 Å². The van der Waals surface area contributed by atoms with Gasteiger partial charge in [-0.25, -0.2) is 0 Å². The summed E-state index contributed by atoms with van der Waals surface area (Å²) in [7, 11) is 2.08. The number of aliphatic hydroxyl groups is 1. The van der Waals surface area contributed by atoms with Crippen LogP contribution in [0.4, 0.5) is 5.69 Å². The highest BCUT2D eigenvalue weighted by atomic mass is 16.7. The first-order valence-electron chi connectivity index (χ1n) is 6.23. The number of anilines is 1. The average Bonchev–Trinajstić information content (AvgIpc) is 2.85. The fourth-order valence-electron chi connectivity index (χ4n) is 2.57. The number of aliphatic hydroxyl groups excluding tert-OH is 1. The van der Waals surface area contributed by atoms with Gasteiger partial charge in [0, 0.05) is 31.4 Å². The van der Waals surface area contributed by atoms with Crippen molar-refractivity contribution in [2.45, 2.75) is 6.04 Å². The smallest absolute Gasteiger partial charge is 0.231 e. The Morgan fingerprint density at radius 2 is 2.11 bits per heavy atom. The number of hydrogen-bond acceptors (Lipinski definition) is 5. The molecule has 0 spiro atoms. The van der Waals surface area contributed by atoms with E-state index in [4.69, 9.17) is 9.47 Å². The minimum absolute atomic E-state index is 0.143. The first-order valence-corrected chi connectivity index (χ1v) is 6.23. The van der Waals surface area contributed by atoms with Crippen molar-refractivity contribution >= 4 is 5.69 Å². The molecular formula is C13H18N2O3. The second kappa shape index (κ2) is 4.66. The molecule has 0 aromatic heterocycles. The maximum absolute atomic E-state index is 9.51. The van der Waals surface area contributed by atoms with Crippen LogP contribution < -0.4 is 14.4 Å². The SMILES string of the molecule is CN1CCN(c2ccc3c(c2)OCO3)C(CO)C1. The van der Waals surface area contributed by atoms with Crippen molar-refractivity contribution in [3.8, 4) is 11.5 Å². The summed E-state index contributed by atoms with van der Waals surface area (Å²) in [4.78, 5) is 4.48. The van der Waals surface area contributed by atoms with Gasteiger partial charge < -0.3 is 24.4 Å². The van der Waals surface area contributed by atoms with Crippen LogP contribution in [-0.4, -0.2) is 56.1 Å². The van der Waals surface area contributed by atoms with Crippen molar-refractivity contribution < 1.29 is 14.6 Å². The average molecular weight is 250 g/mol. The molecule has 1 N–H and O–H groups in total. The molecule has 1 atom stereocenters. The second-order valence-corrected chi connectivity index (χ2v) is 4.83. The Hall–Kier alpha value is -1.46. The summed E-state index contributed by atoms with van der Waals surface area (Å²) in [5, 5.41) is 9.51. The molecule has 98 valence electrons. The summed E-state index contributed by atoms with van der Waals surface area (Å²) in [6.07, 6.45) is 0. The van der Waals surface area contributed by atoms with E-state index in [9.17, 15) is 5.11 Å². The van der Waals surface area contributed by atoms with Crippen LogP contribution in [0.25, 0.3) is 0 Å². The lowest BCUT2D eigenvalue weighted by molar-refractivity contribution is 0.174. The molecule has 0 radical (unpaired) electrons. The molecule has 5 nitrogen and oxygen atoms in total. The number of ether oxygens (including phenoxy) is 2. The van der Waals surface area contributed by atoms with Crippen molar-refractivity contribution in [1.82, 2.24) is 4.90 Å². The van der Waals surface area contributed by atoms with Crippen molar-refractivity contribution in [1.29, 1.82) is 0 Å². The van der Waals surface area contributed by atoms with Crippen LogP contribution in [0, 0.1) is 0 Å². The van der Waals surface area contributed by atoms with E-state index in [2.05, 4.69) is 16.8 Å². The van der Waals surface area contributed by atoms with Gasteiger partial charge in [0.25, 0.3) is 0 Å². The second-order valence-electron chi connectivity index (χ2n) is 4.83. The molecule has 1 aromatic carbocycles.